The van der Waals surface area contributed by atoms with Gasteiger partial charge in [-0.2, -0.15) is 5.10 Å². The highest BCUT2D eigenvalue weighted by Crippen LogP contribution is 2.46. The standard InChI is InChI=1S/C35H32ClN3O4S.C34H33ClN2O4S.C32H32ClN3O4S/c1-22-19-33-37-14-15-39(33)21-32(22)29-12-7-11-27-28(13-8-16-43-25-17-23(2)34(36)24(3)18-25)31(20-30(27)29)35(40)38-44(41,42)26-9-5-4-6-10-26;1-21-15-16-36-24(4)32(21)29-13-8-12-27-28(14-9-17-41-25-18-22(2)33(35)23(3)19-25)31(20-30(27)29)34(38)37-42(39,40)26-10-6-5-7-11-26;1-4-36-30(15-16-34-36)27-13-8-12-25-26(14-9-17-40-23-18-21(2)31(33)22(3)19-23)29(20-28(25)27)32(37)35-41(38,39)24-10-6-5-7-11-24/h4-7,9-12,14-15,17-19,21H,8,13,16,20H2,1-3H3,(H,38,40);5-8,10-13,15-16,18-19H,9,14,17,20H2,1-4H3,(H,37,38);5-8,10-13,15-16,18-19H,4,9,14,17,20H2,1-3H3,(H,35,37). The van der Waals surface area contributed by atoms with E-state index in [0.717, 1.165) is 172 Å². The SMILES string of the molecule is CCn1nccc1-c1cccc2c1CC(C(=O)NS(=O)(=O)c1ccccc1)=C2CCCOc1cc(C)c(Cl)c(C)c1.Cc1cc(OCCCC2=C(C(=O)NS(=O)(=O)c3ccccc3)Cc3c2cccc3-c2c(C)ccnc2C)cc(C)c1Cl.Cc1cc2nccn2cc1-c1cccc2c1CC(C(=O)NS(=O)(=O)c1ccccc1)=C2CCCOc1cc(C)c(Cl)c(C)c1. The van der Waals surface area contributed by atoms with Gasteiger partial charge in [0.05, 0.1) is 40.2 Å². The van der Waals surface area contributed by atoms with Crippen LogP contribution in [-0.2, 0) is 70.3 Å². The fraction of sp³-hybridized carbons (Fsp3) is 0.228. The normalized spacial score (nSPS) is 12.9. The highest BCUT2D eigenvalue weighted by Gasteiger charge is 2.36. The number of pyridine rings is 2. The van der Waals surface area contributed by atoms with Crippen molar-refractivity contribution in [3.63, 3.8) is 0 Å². The van der Waals surface area contributed by atoms with Crippen LogP contribution in [0.5, 0.6) is 17.2 Å². The van der Waals surface area contributed by atoms with Gasteiger partial charge in [-0.1, -0.05) is 144 Å². The Morgan fingerprint density at radius 2 is 0.748 bits per heavy atom. The molecule has 3 amide bonds. The summed E-state index contributed by atoms with van der Waals surface area (Å²) < 4.78 is 107. The maximum absolute atomic E-state index is 13.7. The summed E-state index contributed by atoms with van der Waals surface area (Å²) in [4.78, 5) is 50.0. The van der Waals surface area contributed by atoms with Crippen molar-refractivity contribution in [2.75, 3.05) is 19.8 Å². The van der Waals surface area contributed by atoms with Gasteiger partial charge in [0.15, 0.2) is 0 Å². The van der Waals surface area contributed by atoms with Gasteiger partial charge in [0.2, 0.25) is 0 Å². The molecule has 3 aliphatic carbocycles. The maximum atomic E-state index is 13.7. The molecule has 0 fully saturated rings. The fourth-order valence-corrected chi connectivity index (χ4v) is 20.1. The number of ether oxygens (including phenoxy) is 3. The summed E-state index contributed by atoms with van der Waals surface area (Å²) in [6.45, 7) is 21.7. The topological polar surface area (TPSA) is 265 Å². The number of sulfonamides is 3. The molecule has 4 aromatic heterocycles. The van der Waals surface area contributed by atoms with Crippen LogP contribution in [0, 0.1) is 62.3 Å². The number of carbonyl (C=O) groups excluding carboxylic acids is 3. The minimum Gasteiger partial charge on any atom is -0.494 e. The van der Waals surface area contributed by atoms with Crippen molar-refractivity contribution < 1.29 is 53.8 Å². The van der Waals surface area contributed by atoms with E-state index >= 15 is 0 Å². The Hall–Kier alpha value is -12.2. The number of benzene rings is 9. The van der Waals surface area contributed by atoms with E-state index < -0.39 is 47.8 Å². The number of amides is 3. The third kappa shape index (κ3) is 20.4. The summed E-state index contributed by atoms with van der Waals surface area (Å²) in [5, 5.41) is 6.60. The molecule has 0 saturated heterocycles. The first-order chi connectivity index (χ1) is 60.9. The van der Waals surface area contributed by atoms with E-state index in [0.29, 0.717) is 101 Å². The Kier molecular flexibility index (Phi) is 28.2. The predicted octanol–water partition coefficient (Wildman–Crippen LogP) is 21.1. The number of fused-ring (bicyclic) bond motifs is 4. The lowest BCUT2D eigenvalue weighted by molar-refractivity contribution is -0.116. The Labute approximate surface area is 756 Å². The van der Waals surface area contributed by atoms with E-state index in [9.17, 15) is 39.6 Å². The Balaban J connectivity index is 0.000000154. The Morgan fingerprint density at radius 3 is 1.13 bits per heavy atom. The molecule has 26 heteroatoms. The average Bonchev–Trinajstić information content (AvgIpc) is 1.64. The second kappa shape index (κ2) is 39.3. The molecule has 0 unspecified atom stereocenters. The van der Waals surface area contributed by atoms with Crippen LogP contribution in [0.4, 0.5) is 0 Å². The van der Waals surface area contributed by atoms with Gasteiger partial charge in [-0.25, -0.2) is 44.4 Å². The second-order valence-electron chi connectivity index (χ2n) is 31.8. The summed E-state index contributed by atoms with van der Waals surface area (Å²) in [5.74, 6) is 0.391. The number of nitrogens with zero attached hydrogens (tertiary/aromatic N) is 5. The number of halogens is 3. The van der Waals surface area contributed by atoms with E-state index in [-0.39, 0.29) is 14.7 Å². The number of carbonyl (C=O) groups is 3. The van der Waals surface area contributed by atoms with Crippen LogP contribution in [0.25, 0.3) is 55.9 Å². The number of allylic oxidation sites excluding steroid dienone is 3. The number of nitrogens with one attached hydrogen (secondary N) is 3. The lowest BCUT2D eigenvalue weighted by atomic mass is 9.91. The van der Waals surface area contributed by atoms with E-state index in [1.807, 2.05) is 188 Å². The van der Waals surface area contributed by atoms with E-state index in [2.05, 4.69) is 41.5 Å². The van der Waals surface area contributed by atoms with Crippen molar-refractivity contribution in [3.05, 3.63) is 347 Å². The van der Waals surface area contributed by atoms with Crippen LogP contribution < -0.4 is 28.4 Å². The first-order valence-corrected chi connectivity index (χ1v) is 47.4. The van der Waals surface area contributed by atoms with Gasteiger partial charge < -0.3 is 18.6 Å². The van der Waals surface area contributed by atoms with Crippen LogP contribution in [0.15, 0.2) is 263 Å². The molecule has 3 aliphatic rings. The number of aromatic nitrogens is 5. The molecule has 0 aliphatic heterocycles. The summed E-state index contributed by atoms with van der Waals surface area (Å²) in [6, 6.07) is 59.3. The number of hydrogen-bond acceptors (Lipinski definition) is 15. The molecular formula is C101H97Cl3N8O12S3. The van der Waals surface area contributed by atoms with Crippen LogP contribution >= 0.6 is 34.8 Å². The van der Waals surface area contributed by atoms with Crippen LogP contribution in [-0.4, -0.2) is 86.9 Å². The van der Waals surface area contributed by atoms with Gasteiger partial charge >= 0.3 is 0 Å². The molecule has 127 heavy (non-hydrogen) atoms. The van der Waals surface area contributed by atoms with Gasteiger partial charge in [0.25, 0.3) is 47.8 Å². The molecule has 16 rings (SSSR count). The molecule has 3 N–H and O–H groups in total. The largest absolute Gasteiger partial charge is 0.494 e. The highest BCUT2D eigenvalue weighted by molar-refractivity contribution is 7.90. The molecule has 20 nitrogen and oxygen atoms in total. The molecule has 13 aromatic rings. The fourth-order valence-electron chi connectivity index (χ4n) is 16.8. The first-order valence-electron chi connectivity index (χ1n) is 41.8. The summed E-state index contributed by atoms with van der Waals surface area (Å²) >= 11 is 18.9. The molecule has 652 valence electrons. The van der Waals surface area contributed by atoms with Crippen molar-refractivity contribution in [1.82, 2.24) is 38.3 Å². The summed E-state index contributed by atoms with van der Waals surface area (Å²) in [6.07, 6.45) is 13.7. The summed E-state index contributed by atoms with van der Waals surface area (Å²) in [5.41, 5.74) is 25.3. The van der Waals surface area contributed by atoms with Gasteiger partial charge in [0, 0.05) is 111 Å². The number of hydrogen-bond donors (Lipinski definition) is 3. The Bertz CT molecular complexity index is 6820. The average molecular weight is 1820 g/mol. The van der Waals surface area contributed by atoms with E-state index in [4.69, 9.17) is 49.0 Å². The van der Waals surface area contributed by atoms with Crippen LogP contribution in [0.2, 0.25) is 15.1 Å². The molecule has 0 bridgehead atoms. The van der Waals surface area contributed by atoms with Crippen LogP contribution in [0.1, 0.15) is 129 Å². The summed E-state index contributed by atoms with van der Waals surface area (Å²) in [7, 11) is -12.1. The van der Waals surface area contributed by atoms with Crippen molar-refractivity contribution in [1.29, 1.82) is 0 Å². The van der Waals surface area contributed by atoms with Gasteiger partial charge in [-0.15, -0.1) is 0 Å². The third-order valence-electron chi connectivity index (χ3n) is 23.0. The smallest absolute Gasteiger partial charge is 0.264 e. The molecule has 9 aromatic carbocycles. The van der Waals surface area contributed by atoms with Gasteiger partial charge in [-0.3, -0.25) is 24.0 Å². The third-order valence-corrected chi connectivity index (χ3v) is 28.8. The van der Waals surface area contributed by atoms with Crippen molar-refractivity contribution in [2.45, 2.75) is 148 Å². The zero-order valence-electron chi connectivity index (χ0n) is 72.1. The maximum Gasteiger partial charge on any atom is 0.264 e. The minimum atomic E-state index is -4.05. The first kappa shape index (κ1) is 91.0. The zero-order valence-corrected chi connectivity index (χ0v) is 76.8. The van der Waals surface area contributed by atoms with Crippen molar-refractivity contribution >= 4 is 105 Å². The van der Waals surface area contributed by atoms with Gasteiger partial charge in [-0.05, 0) is 304 Å². The van der Waals surface area contributed by atoms with Crippen molar-refractivity contribution in [2.24, 2.45) is 0 Å². The van der Waals surface area contributed by atoms with Crippen LogP contribution in [0.3, 0.4) is 0 Å². The highest BCUT2D eigenvalue weighted by atomic mass is 35.5. The zero-order chi connectivity index (χ0) is 90.2. The molecule has 0 radical (unpaired) electrons. The molecule has 4 heterocycles. The van der Waals surface area contributed by atoms with Crippen molar-refractivity contribution in [3.8, 4) is 50.8 Å². The monoisotopic (exact) mass is 1810 g/mol. The predicted molar refractivity (Wildman–Crippen MR) is 502 cm³/mol. The Morgan fingerprint density at radius 1 is 0.386 bits per heavy atom. The molecule has 0 atom stereocenters. The number of rotatable bonds is 28. The number of aryl methyl sites for hydroxylation is 10. The molecule has 0 spiro atoms. The number of imidazole rings is 1. The minimum absolute atomic E-state index is 0.0397. The van der Waals surface area contributed by atoms with Gasteiger partial charge in [0.1, 0.15) is 22.9 Å². The van der Waals surface area contributed by atoms with E-state index in [1.54, 1.807) is 73.2 Å². The van der Waals surface area contributed by atoms with E-state index in [1.165, 1.54) is 36.4 Å². The lowest BCUT2D eigenvalue weighted by Crippen LogP contribution is -2.32. The molecule has 0 saturated carbocycles. The molecular weight excluding hydrogens is 1720 g/mol. The lowest BCUT2D eigenvalue weighted by Gasteiger charge is -2.15. The second-order valence-corrected chi connectivity index (χ2v) is 38.0. The quantitative estimate of drug-likeness (QED) is 0.0385.